The van der Waals surface area contributed by atoms with Crippen molar-refractivity contribution in [2.75, 3.05) is 5.32 Å². The summed E-state index contributed by atoms with van der Waals surface area (Å²) in [5, 5.41) is 3.62. The van der Waals surface area contributed by atoms with Crippen molar-refractivity contribution in [3.8, 4) is 0 Å². The summed E-state index contributed by atoms with van der Waals surface area (Å²) < 4.78 is 1.14. The first kappa shape index (κ1) is 14.1. The molecule has 0 fully saturated rings. The largest absolute Gasteiger partial charge is 0.378 e. The van der Waals surface area contributed by atoms with Gasteiger partial charge in [-0.25, -0.2) is 0 Å². The van der Waals surface area contributed by atoms with Gasteiger partial charge in [0.15, 0.2) is 0 Å². The van der Waals surface area contributed by atoms with Gasteiger partial charge in [0.25, 0.3) is 0 Å². The quantitative estimate of drug-likeness (QED) is 0.782. The van der Waals surface area contributed by atoms with Gasteiger partial charge in [0, 0.05) is 16.2 Å². The van der Waals surface area contributed by atoms with E-state index in [1.54, 1.807) is 0 Å². The third kappa shape index (κ3) is 3.38. The lowest BCUT2D eigenvalue weighted by atomic mass is 10.0. The lowest BCUT2D eigenvalue weighted by molar-refractivity contribution is 0.879. The summed E-state index contributed by atoms with van der Waals surface area (Å²) in [7, 11) is 0. The fraction of sp³-hybridized carbons (Fsp3) is 0.294. The highest BCUT2D eigenvalue weighted by Gasteiger charge is 2.09. The smallest absolute Gasteiger partial charge is 0.0485 e. The zero-order valence-corrected chi connectivity index (χ0v) is 13.5. The first-order valence-electron chi connectivity index (χ1n) is 6.57. The molecule has 1 N–H and O–H groups in total. The topological polar surface area (TPSA) is 12.0 Å². The van der Waals surface area contributed by atoms with Crippen LogP contribution in [0.2, 0.25) is 0 Å². The summed E-state index contributed by atoms with van der Waals surface area (Å²) in [6.45, 7) is 8.60. The number of aryl methyl sites for hydroxylation is 3. The Morgan fingerprint density at radius 3 is 2.00 bits per heavy atom. The van der Waals surface area contributed by atoms with E-state index in [1.165, 1.54) is 27.9 Å². The van der Waals surface area contributed by atoms with Crippen molar-refractivity contribution in [3.63, 3.8) is 0 Å². The van der Waals surface area contributed by atoms with Gasteiger partial charge >= 0.3 is 0 Å². The summed E-state index contributed by atoms with van der Waals surface area (Å²) in [6, 6.07) is 13.3. The second kappa shape index (κ2) is 5.79. The Morgan fingerprint density at radius 1 is 0.947 bits per heavy atom. The third-order valence-electron chi connectivity index (χ3n) is 3.44. The van der Waals surface area contributed by atoms with Crippen LogP contribution in [0.15, 0.2) is 40.9 Å². The SMILES string of the molecule is Cc1ccc(C(C)Nc2c(C)cc(Br)cc2C)cc1. The van der Waals surface area contributed by atoms with Gasteiger partial charge < -0.3 is 5.32 Å². The molecule has 0 aliphatic heterocycles. The van der Waals surface area contributed by atoms with Crippen molar-refractivity contribution in [1.29, 1.82) is 0 Å². The molecular weight excluding hydrogens is 298 g/mol. The fourth-order valence-corrected chi connectivity index (χ4v) is 2.98. The number of rotatable bonds is 3. The lowest BCUT2D eigenvalue weighted by Gasteiger charge is -2.20. The van der Waals surface area contributed by atoms with E-state index in [0.717, 1.165) is 4.47 Å². The van der Waals surface area contributed by atoms with E-state index >= 15 is 0 Å². The van der Waals surface area contributed by atoms with Crippen molar-refractivity contribution in [3.05, 3.63) is 63.1 Å². The molecule has 2 aromatic carbocycles. The van der Waals surface area contributed by atoms with Crippen LogP contribution in [0.4, 0.5) is 5.69 Å². The van der Waals surface area contributed by atoms with Gasteiger partial charge in [-0.3, -0.25) is 0 Å². The monoisotopic (exact) mass is 317 g/mol. The molecule has 0 spiro atoms. The molecule has 0 radical (unpaired) electrons. The van der Waals surface area contributed by atoms with Gasteiger partial charge in [0.1, 0.15) is 0 Å². The zero-order chi connectivity index (χ0) is 14.0. The molecule has 2 aromatic rings. The van der Waals surface area contributed by atoms with Gasteiger partial charge in [-0.1, -0.05) is 45.8 Å². The van der Waals surface area contributed by atoms with Gasteiger partial charge in [-0.2, -0.15) is 0 Å². The Balaban J connectivity index is 2.24. The Hall–Kier alpha value is -1.28. The standard InChI is InChI=1S/C17H20BrN/c1-11-5-7-15(8-6-11)14(4)19-17-12(2)9-16(18)10-13(17)3/h5-10,14,19H,1-4H3. The molecule has 1 atom stereocenters. The summed E-state index contributed by atoms with van der Waals surface area (Å²) in [6.07, 6.45) is 0. The van der Waals surface area contributed by atoms with Crippen molar-refractivity contribution in [2.24, 2.45) is 0 Å². The number of hydrogen-bond donors (Lipinski definition) is 1. The molecule has 2 heteroatoms. The number of hydrogen-bond acceptors (Lipinski definition) is 1. The molecule has 0 amide bonds. The summed E-state index contributed by atoms with van der Waals surface area (Å²) in [5.74, 6) is 0. The highest BCUT2D eigenvalue weighted by molar-refractivity contribution is 9.10. The maximum absolute atomic E-state index is 3.62. The molecule has 0 aliphatic carbocycles. The Labute approximate surface area is 124 Å². The molecule has 1 unspecified atom stereocenters. The predicted octanol–water partition coefficient (Wildman–Crippen LogP) is 5.55. The van der Waals surface area contributed by atoms with Crippen LogP contribution in [0, 0.1) is 20.8 Å². The minimum atomic E-state index is 0.305. The van der Waals surface area contributed by atoms with E-state index in [9.17, 15) is 0 Å². The summed E-state index contributed by atoms with van der Waals surface area (Å²) in [5.41, 5.74) is 6.38. The maximum Gasteiger partial charge on any atom is 0.0485 e. The Kier molecular flexibility index (Phi) is 4.31. The van der Waals surface area contributed by atoms with Gasteiger partial charge in [0.05, 0.1) is 0 Å². The fourth-order valence-electron chi connectivity index (χ4n) is 2.29. The van der Waals surface area contributed by atoms with E-state index < -0.39 is 0 Å². The average molecular weight is 318 g/mol. The Morgan fingerprint density at radius 2 is 1.47 bits per heavy atom. The lowest BCUT2D eigenvalue weighted by Crippen LogP contribution is -2.09. The van der Waals surface area contributed by atoms with Crippen LogP contribution in [-0.4, -0.2) is 0 Å². The van der Waals surface area contributed by atoms with Crippen LogP contribution in [0.25, 0.3) is 0 Å². The first-order valence-corrected chi connectivity index (χ1v) is 7.36. The molecule has 0 saturated heterocycles. The summed E-state index contributed by atoms with van der Waals surface area (Å²) in [4.78, 5) is 0. The second-order valence-electron chi connectivity index (χ2n) is 5.19. The highest BCUT2D eigenvalue weighted by Crippen LogP contribution is 2.28. The number of benzene rings is 2. The van der Waals surface area contributed by atoms with E-state index in [2.05, 4.69) is 85.3 Å². The molecule has 0 bridgehead atoms. The van der Waals surface area contributed by atoms with Crippen molar-refractivity contribution >= 4 is 21.6 Å². The number of halogens is 1. The van der Waals surface area contributed by atoms with Crippen LogP contribution >= 0.6 is 15.9 Å². The molecular formula is C17H20BrN. The molecule has 0 heterocycles. The van der Waals surface area contributed by atoms with Crippen LogP contribution in [0.5, 0.6) is 0 Å². The Bertz CT molecular complexity index is 549. The molecule has 2 rings (SSSR count). The predicted molar refractivity (Wildman–Crippen MR) is 86.8 cm³/mol. The molecule has 0 saturated carbocycles. The van der Waals surface area contributed by atoms with Crippen LogP contribution in [0.3, 0.4) is 0 Å². The van der Waals surface area contributed by atoms with E-state index in [1.807, 2.05) is 0 Å². The molecule has 100 valence electrons. The van der Waals surface area contributed by atoms with Crippen molar-refractivity contribution in [1.82, 2.24) is 0 Å². The van der Waals surface area contributed by atoms with E-state index in [0.29, 0.717) is 6.04 Å². The maximum atomic E-state index is 3.62. The molecule has 0 aromatic heterocycles. The van der Waals surface area contributed by atoms with Crippen molar-refractivity contribution in [2.45, 2.75) is 33.7 Å². The van der Waals surface area contributed by atoms with Crippen LogP contribution in [0.1, 0.15) is 35.2 Å². The molecule has 0 aliphatic rings. The number of anilines is 1. The normalized spacial score (nSPS) is 12.3. The van der Waals surface area contributed by atoms with E-state index in [-0.39, 0.29) is 0 Å². The van der Waals surface area contributed by atoms with Crippen LogP contribution < -0.4 is 5.32 Å². The second-order valence-corrected chi connectivity index (χ2v) is 6.11. The van der Waals surface area contributed by atoms with E-state index in [4.69, 9.17) is 0 Å². The third-order valence-corrected chi connectivity index (χ3v) is 3.89. The van der Waals surface area contributed by atoms with Gasteiger partial charge in [-0.05, 0) is 56.5 Å². The average Bonchev–Trinajstić information content (AvgIpc) is 2.34. The first-order chi connectivity index (χ1) is 8.97. The van der Waals surface area contributed by atoms with Crippen LogP contribution in [-0.2, 0) is 0 Å². The van der Waals surface area contributed by atoms with Gasteiger partial charge in [0.2, 0.25) is 0 Å². The van der Waals surface area contributed by atoms with Gasteiger partial charge in [-0.15, -0.1) is 0 Å². The van der Waals surface area contributed by atoms with Crippen molar-refractivity contribution < 1.29 is 0 Å². The summed E-state index contributed by atoms with van der Waals surface area (Å²) >= 11 is 3.54. The zero-order valence-electron chi connectivity index (χ0n) is 11.9. The minimum absolute atomic E-state index is 0.305. The highest BCUT2D eigenvalue weighted by atomic mass is 79.9. The number of nitrogens with one attached hydrogen (secondary N) is 1. The minimum Gasteiger partial charge on any atom is -0.378 e. The molecule has 19 heavy (non-hydrogen) atoms. The molecule has 1 nitrogen and oxygen atoms in total.